The van der Waals surface area contributed by atoms with Crippen molar-refractivity contribution in [2.75, 3.05) is 0 Å². The number of pyridine rings is 1. The zero-order valence-corrected chi connectivity index (χ0v) is 8.67. The highest BCUT2D eigenvalue weighted by molar-refractivity contribution is 5.94. The number of fused-ring (bicyclic) bond motifs is 1. The van der Waals surface area contributed by atoms with Crippen LogP contribution in [-0.2, 0) is 6.42 Å². The number of aryl methyl sites for hydroxylation is 1. The van der Waals surface area contributed by atoms with Crippen LogP contribution in [-0.4, -0.2) is 20.5 Å². The SMILES string of the molecule is CCc1cc(=O)n2cccc(C(=O)O)c2n1. The molecule has 2 heterocycles. The van der Waals surface area contributed by atoms with Crippen LogP contribution in [0.25, 0.3) is 5.65 Å². The molecule has 0 fully saturated rings. The van der Waals surface area contributed by atoms with Crippen LogP contribution in [0.1, 0.15) is 23.0 Å². The minimum atomic E-state index is -1.08. The van der Waals surface area contributed by atoms with Crippen molar-refractivity contribution in [1.29, 1.82) is 0 Å². The Morgan fingerprint density at radius 1 is 1.56 bits per heavy atom. The summed E-state index contributed by atoms with van der Waals surface area (Å²) in [4.78, 5) is 26.8. The van der Waals surface area contributed by atoms with Crippen molar-refractivity contribution in [1.82, 2.24) is 9.38 Å². The van der Waals surface area contributed by atoms with Crippen molar-refractivity contribution in [3.05, 3.63) is 46.0 Å². The third-order valence-corrected chi connectivity index (χ3v) is 2.34. The fourth-order valence-corrected chi connectivity index (χ4v) is 1.52. The first kappa shape index (κ1) is 10.4. The van der Waals surface area contributed by atoms with E-state index in [0.29, 0.717) is 12.1 Å². The average molecular weight is 218 g/mol. The van der Waals surface area contributed by atoms with Crippen LogP contribution in [0.3, 0.4) is 0 Å². The Hall–Kier alpha value is -2.17. The molecule has 0 bridgehead atoms. The summed E-state index contributed by atoms with van der Waals surface area (Å²) in [6.07, 6.45) is 2.11. The lowest BCUT2D eigenvalue weighted by molar-refractivity contribution is 0.0698. The molecule has 5 heteroatoms. The van der Waals surface area contributed by atoms with Crippen molar-refractivity contribution in [2.24, 2.45) is 0 Å². The molecule has 0 saturated heterocycles. The van der Waals surface area contributed by atoms with E-state index < -0.39 is 5.97 Å². The summed E-state index contributed by atoms with van der Waals surface area (Å²) in [5, 5.41) is 8.98. The van der Waals surface area contributed by atoms with Crippen LogP contribution in [0.4, 0.5) is 0 Å². The van der Waals surface area contributed by atoms with Crippen molar-refractivity contribution < 1.29 is 9.90 Å². The van der Waals surface area contributed by atoms with Crippen LogP contribution in [0, 0.1) is 0 Å². The molecule has 0 saturated carbocycles. The molecule has 2 aromatic rings. The Morgan fingerprint density at radius 3 is 2.94 bits per heavy atom. The Balaban J connectivity index is 2.90. The maximum atomic E-state index is 11.7. The first-order valence-corrected chi connectivity index (χ1v) is 4.88. The normalized spacial score (nSPS) is 10.6. The average Bonchev–Trinajstić information content (AvgIpc) is 2.28. The molecule has 0 radical (unpaired) electrons. The maximum Gasteiger partial charge on any atom is 0.339 e. The third-order valence-electron chi connectivity index (χ3n) is 2.34. The van der Waals surface area contributed by atoms with Gasteiger partial charge in [0, 0.05) is 18.0 Å². The number of hydrogen-bond acceptors (Lipinski definition) is 3. The van der Waals surface area contributed by atoms with Gasteiger partial charge in [-0.25, -0.2) is 9.78 Å². The zero-order valence-electron chi connectivity index (χ0n) is 8.67. The second-order valence-corrected chi connectivity index (χ2v) is 3.36. The second kappa shape index (κ2) is 3.77. The van der Waals surface area contributed by atoms with Gasteiger partial charge in [0.2, 0.25) is 0 Å². The molecule has 0 atom stereocenters. The summed E-state index contributed by atoms with van der Waals surface area (Å²) >= 11 is 0. The summed E-state index contributed by atoms with van der Waals surface area (Å²) in [6.45, 7) is 1.86. The Bertz CT molecular complexity index is 616. The lowest BCUT2D eigenvalue weighted by Gasteiger charge is -2.04. The molecule has 1 N–H and O–H groups in total. The van der Waals surface area contributed by atoms with Gasteiger partial charge in [0.1, 0.15) is 5.56 Å². The van der Waals surface area contributed by atoms with Crippen molar-refractivity contribution in [3.8, 4) is 0 Å². The summed E-state index contributed by atoms with van der Waals surface area (Å²) in [7, 11) is 0. The van der Waals surface area contributed by atoms with E-state index in [1.54, 1.807) is 0 Å². The van der Waals surface area contributed by atoms with Crippen LogP contribution in [0.2, 0.25) is 0 Å². The molecule has 0 spiro atoms. The van der Waals surface area contributed by atoms with E-state index >= 15 is 0 Å². The monoisotopic (exact) mass is 218 g/mol. The third kappa shape index (κ3) is 1.56. The molecular weight excluding hydrogens is 208 g/mol. The van der Waals surface area contributed by atoms with Gasteiger partial charge >= 0.3 is 5.97 Å². The number of nitrogens with zero attached hydrogens (tertiary/aromatic N) is 2. The molecule has 0 aromatic carbocycles. The van der Waals surface area contributed by atoms with Crippen molar-refractivity contribution >= 4 is 11.6 Å². The topological polar surface area (TPSA) is 71.7 Å². The standard InChI is InChI=1S/C11H10N2O3/c1-2-7-6-9(14)13-5-3-4-8(11(15)16)10(13)12-7/h3-6H,2H2,1H3,(H,15,16). The largest absolute Gasteiger partial charge is 0.478 e. The molecule has 2 rings (SSSR count). The first-order chi connectivity index (χ1) is 7.63. The fourth-order valence-electron chi connectivity index (χ4n) is 1.52. The highest BCUT2D eigenvalue weighted by Crippen LogP contribution is 2.07. The van der Waals surface area contributed by atoms with Crippen molar-refractivity contribution in [3.63, 3.8) is 0 Å². The van der Waals surface area contributed by atoms with Crippen molar-refractivity contribution in [2.45, 2.75) is 13.3 Å². The van der Waals surface area contributed by atoms with Gasteiger partial charge in [-0.2, -0.15) is 0 Å². The van der Waals surface area contributed by atoms with E-state index in [4.69, 9.17) is 5.11 Å². The number of carboxylic acids is 1. The van der Waals surface area contributed by atoms with Gasteiger partial charge in [-0.1, -0.05) is 6.92 Å². The summed E-state index contributed by atoms with van der Waals surface area (Å²) in [5.74, 6) is -1.08. The van der Waals surface area contributed by atoms with Crippen LogP contribution in [0.5, 0.6) is 0 Å². The van der Waals surface area contributed by atoms with E-state index in [9.17, 15) is 9.59 Å². The van der Waals surface area contributed by atoms with E-state index in [1.807, 2.05) is 6.92 Å². The smallest absolute Gasteiger partial charge is 0.339 e. The molecule has 0 aliphatic rings. The van der Waals surface area contributed by atoms with Gasteiger partial charge < -0.3 is 5.11 Å². The molecule has 0 unspecified atom stereocenters. The Kier molecular flexibility index (Phi) is 2.44. The Labute approximate surface area is 91.0 Å². The molecular formula is C11H10N2O3. The molecule has 2 aromatic heterocycles. The number of carboxylic acid groups (broad SMARTS) is 1. The number of aromatic nitrogens is 2. The van der Waals surface area contributed by atoms with Gasteiger partial charge in [-0.05, 0) is 18.6 Å². The van der Waals surface area contributed by atoms with Gasteiger partial charge in [0.25, 0.3) is 5.56 Å². The summed E-state index contributed by atoms with van der Waals surface area (Å²) in [6, 6.07) is 4.37. The maximum absolute atomic E-state index is 11.7. The zero-order chi connectivity index (χ0) is 11.7. The molecule has 0 aliphatic carbocycles. The lowest BCUT2D eigenvalue weighted by Crippen LogP contribution is -2.17. The Morgan fingerprint density at radius 2 is 2.31 bits per heavy atom. The molecule has 0 aliphatic heterocycles. The van der Waals surface area contributed by atoms with Crippen LogP contribution < -0.4 is 5.56 Å². The van der Waals surface area contributed by atoms with Gasteiger partial charge in [0.05, 0.1) is 0 Å². The minimum absolute atomic E-state index is 0.0369. The number of hydrogen-bond donors (Lipinski definition) is 1. The van der Waals surface area contributed by atoms with Crippen LogP contribution >= 0.6 is 0 Å². The lowest BCUT2D eigenvalue weighted by atomic mass is 10.2. The molecule has 5 nitrogen and oxygen atoms in total. The van der Waals surface area contributed by atoms with Crippen LogP contribution in [0.15, 0.2) is 29.2 Å². The van der Waals surface area contributed by atoms with Gasteiger partial charge in [0.15, 0.2) is 5.65 Å². The van der Waals surface area contributed by atoms with E-state index in [0.717, 1.165) is 0 Å². The number of carbonyl (C=O) groups is 1. The molecule has 0 amide bonds. The second-order valence-electron chi connectivity index (χ2n) is 3.36. The molecule has 16 heavy (non-hydrogen) atoms. The predicted octanol–water partition coefficient (Wildman–Crippen LogP) is 0.955. The first-order valence-electron chi connectivity index (χ1n) is 4.88. The molecule has 82 valence electrons. The van der Waals surface area contributed by atoms with E-state index in [2.05, 4.69) is 4.98 Å². The highest BCUT2D eigenvalue weighted by atomic mass is 16.4. The van der Waals surface area contributed by atoms with Gasteiger partial charge in [-0.15, -0.1) is 0 Å². The number of aromatic carboxylic acids is 1. The predicted molar refractivity (Wildman–Crippen MR) is 57.8 cm³/mol. The number of rotatable bonds is 2. The van der Waals surface area contributed by atoms with E-state index in [-0.39, 0.29) is 16.8 Å². The summed E-state index contributed by atoms with van der Waals surface area (Å²) in [5.41, 5.74) is 0.568. The van der Waals surface area contributed by atoms with E-state index in [1.165, 1.54) is 28.8 Å². The highest BCUT2D eigenvalue weighted by Gasteiger charge is 2.11. The summed E-state index contributed by atoms with van der Waals surface area (Å²) < 4.78 is 1.24. The minimum Gasteiger partial charge on any atom is -0.478 e. The fraction of sp³-hybridized carbons (Fsp3) is 0.182. The van der Waals surface area contributed by atoms with Gasteiger partial charge in [-0.3, -0.25) is 9.20 Å². The quantitative estimate of drug-likeness (QED) is 0.814.